The van der Waals surface area contributed by atoms with Gasteiger partial charge in [-0.05, 0) is 18.4 Å². The molecule has 0 aliphatic carbocycles. The summed E-state index contributed by atoms with van der Waals surface area (Å²) in [5.74, 6) is 2.96. The minimum Gasteiger partial charge on any atom is -0.442 e. The van der Waals surface area contributed by atoms with Crippen molar-refractivity contribution in [1.29, 1.82) is 0 Å². The van der Waals surface area contributed by atoms with E-state index in [9.17, 15) is 0 Å². The minimum atomic E-state index is 0.00189. The molecule has 1 N–H and O–H groups in total. The van der Waals surface area contributed by atoms with E-state index in [0.29, 0.717) is 13.0 Å². The van der Waals surface area contributed by atoms with Crippen molar-refractivity contribution >= 4 is 0 Å². The summed E-state index contributed by atoms with van der Waals surface area (Å²) in [4.78, 5) is 0. The molecule has 1 heterocycles. The Hall–Kier alpha value is -1.50. The molecule has 3 nitrogen and oxygen atoms in total. The molecule has 0 aromatic heterocycles. The predicted molar refractivity (Wildman–Crippen MR) is 68.6 cm³/mol. The van der Waals surface area contributed by atoms with Crippen molar-refractivity contribution < 1.29 is 14.6 Å². The largest absolute Gasteiger partial charge is 0.442 e. The molecule has 0 radical (unpaired) electrons. The van der Waals surface area contributed by atoms with Crippen molar-refractivity contribution in [3.05, 3.63) is 35.9 Å². The fraction of sp³-hybridized carbons (Fsp3) is 0.467. The van der Waals surface area contributed by atoms with Gasteiger partial charge in [-0.3, -0.25) is 0 Å². The van der Waals surface area contributed by atoms with Gasteiger partial charge in [-0.2, -0.15) is 0 Å². The highest BCUT2D eigenvalue weighted by atomic mass is 16.5. The fourth-order valence-electron chi connectivity index (χ4n) is 1.96. The Morgan fingerprint density at radius 1 is 1.22 bits per heavy atom. The standard InChI is InChI=1S/C15H18O3/c16-11-15-9-8-14(18-15)7-4-10-17-12-13-5-2-1-3-6-13/h1-3,5-6,14-16H,7-9,11-12H2/t14-,15+/m0/s1. The summed E-state index contributed by atoms with van der Waals surface area (Å²) in [6.07, 6.45) is 5.42. The van der Waals surface area contributed by atoms with Gasteiger partial charge < -0.3 is 14.6 Å². The Balaban J connectivity index is 1.64. The number of rotatable bonds is 4. The van der Waals surface area contributed by atoms with Crippen LogP contribution in [0.1, 0.15) is 24.8 Å². The summed E-state index contributed by atoms with van der Waals surface area (Å²) in [6, 6.07) is 9.95. The number of aliphatic hydroxyl groups excluding tert-OH is 1. The van der Waals surface area contributed by atoms with Crippen molar-refractivity contribution in [1.82, 2.24) is 0 Å². The second-order valence-electron chi connectivity index (χ2n) is 4.40. The molecule has 0 amide bonds. The molecule has 1 fully saturated rings. The van der Waals surface area contributed by atoms with Crippen LogP contribution in [0.15, 0.2) is 30.3 Å². The van der Waals surface area contributed by atoms with E-state index in [1.165, 1.54) is 0 Å². The zero-order valence-corrected chi connectivity index (χ0v) is 10.3. The lowest BCUT2D eigenvalue weighted by atomic mass is 10.1. The molecule has 1 aliphatic heterocycles. The smallest absolute Gasteiger partial charge is 0.125 e. The highest BCUT2D eigenvalue weighted by Crippen LogP contribution is 2.21. The Morgan fingerprint density at radius 2 is 2.00 bits per heavy atom. The zero-order chi connectivity index (χ0) is 12.6. The summed E-state index contributed by atoms with van der Waals surface area (Å²) >= 11 is 0. The van der Waals surface area contributed by atoms with Crippen molar-refractivity contribution in [3.8, 4) is 12.0 Å². The van der Waals surface area contributed by atoms with Crippen molar-refractivity contribution in [2.75, 3.05) is 6.61 Å². The Labute approximate surface area is 108 Å². The van der Waals surface area contributed by atoms with E-state index in [2.05, 4.69) is 12.0 Å². The van der Waals surface area contributed by atoms with Crippen LogP contribution in [0, 0.1) is 12.0 Å². The lowest BCUT2D eigenvalue weighted by Crippen LogP contribution is -2.13. The molecular weight excluding hydrogens is 228 g/mol. The van der Waals surface area contributed by atoms with Crippen LogP contribution < -0.4 is 0 Å². The first kappa shape index (κ1) is 12.9. The summed E-state index contributed by atoms with van der Waals surface area (Å²) in [5, 5.41) is 8.93. The van der Waals surface area contributed by atoms with Crippen LogP contribution in [0.4, 0.5) is 0 Å². The van der Waals surface area contributed by atoms with Gasteiger partial charge in [-0.15, -0.1) is 0 Å². The van der Waals surface area contributed by atoms with E-state index < -0.39 is 0 Å². The van der Waals surface area contributed by atoms with Gasteiger partial charge in [0.25, 0.3) is 0 Å². The SMILES string of the molecule is OC[C@H]1CC[C@H](CC#COCc2ccccc2)O1. The summed E-state index contributed by atoms with van der Waals surface area (Å²) < 4.78 is 10.8. The Morgan fingerprint density at radius 3 is 2.72 bits per heavy atom. The average Bonchev–Trinajstić information content (AvgIpc) is 2.87. The number of benzene rings is 1. The molecule has 1 saturated heterocycles. The molecule has 1 aliphatic rings. The van der Waals surface area contributed by atoms with Crippen LogP contribution in [0.3, 0.4) is 0 Å². The van der Waals surface area contributed by atoms with Crippen LogP contribution in [-0.4, -0.2) is 23.9 Å². The lowest BCUT2D eigenvalue weighted by Gasteiger charge is -2.07. The number of ether oxygens (including phenoxy) is 2. The van der Waals surface area contributed by atoms with E-state index in [1.54, 1.807) is 0 Å². The third-order valence-corrected chi connectivity index (χ3v) is 2.95. The monoisotopic (exact) mass is 246 g/mol. The summed E-state index contributed by atoms with van der Waals surface area (Å²) in [7, 11) is 0. The van der Waals surface area contributed by atoms with Crippen LogP contribution in [0.5, 0.6) is 0 Å². The number of aliphatic hydroxyl groups is 1. The average molecular weight is 246 g/mol. The van der Waals surface area contributed by atoms with Gasteiger partial charge in [0.1, 0.15) is 12.7 Å². The van der Waals surface area contributed by atoms with Crippen molar-refractivity contribution in [2.45, 2.75) is 38.1 Å². The molecule has 96 valence electrons. The molecule has 1 aromatic rings. The highest BCUT2D eigenvalue weighted by Gasteiger charge is 2.23. The van der Waals surface area contributed by atoms with Gasteiger partial charge in [0, 0.05) is 6.42 Å². The molecule has 1 aromatic carbocycles. The maximum atomic E-state index is 8.93. The topological polar surface area (TPSA) is 38.7 Å². The summed E-state index contributed by atoms with van der Waals surface area (Å²) in [6.45, 7) is 0.618. The molecule has 3 heteroatoms. The molecule has 2 atom stereocenters. The second kappa shape index (κ2) is 7.05. The van der Waals surface area contributed by atoms with E-state index in [1.807, 2.05) is 30.3 Å². The Kier molecular flexibility index (Phi) is 5.07. The van der Waals surface area contributed by atoms with E-state index >= 15 is 0 Å². The lowest BCUT2D eigenvalue weighted by molar-refractivity contribution is 0.0141. The molecule has 0 unspecified atom stereocenters. The van der Waals surface area contributed by atoms with Crippen LogP contribution in [0.2, 0.25) is 0 Å². The maximum absolute atomic E-state index is 8.93. The maximum Gasteiger partial charge on any atom is 0.125 e. The van der Waals surface area contributed by atoms with Crippen molar-refractivity contribution in [3.63, 3.8) is 0 Å². The van der Waals surface area contributed by atoms with E-state index in [-0.39, 0.29) is 18.8 Å². The molecule has 0 bridgehead atoms. The Bertz CT molecular complexity index is 405. The van der Waals surface area contributed by atoms with Gasteiger partial charge in [0.15, 0.2) is 0 Å². The van der Waals surface area contributed by atoms with Gasteiger partial charge in [0.2, 0.25) is 0 Å². The third-order valence-electron chi connectivity index (χ3n) is 2.95. The third kappa shape index (κ3) is 4.06. The van der Waals surface area contributed by atoms with Gasteiger partial charge in [-0.25, -0.2) is 0 Å². The first-order valence-corrected chi connectivity index (χ1v) is 6.28. The first-order valence-electron chi connectivity index (χ1n) is 6.28. The highest BCUT2D eigenvalue weighted by molar-refractivity contribution is 5.13. The van der Waals surface area contributed by atoms with E-state index in [0.717, 1.165) is 18.4 Å². The van der Waals surface area contributed by atoms with Gasteiger partial charge in [0.05, 0.1) is 18.8 Å². The van der Waals surface area contributed by atoms with Crippen LogP contribution in [-0.2, 0) is 16.1 Å². The fourth-order valence-corrected chi connectivity index (χ4v) is 1.96. The van der Waals surface area contributed by atoms with Crippen molar-refractivity contribution in [2.24, 2.45) is 0 Å². The number of hydrogen-bond donors (Lipinski definition) is 1. The molecular formula is C15H18O3. The van der Waals surface area contributed by atoms with Gasteiger partial charge in [-0.1, -0.05) is 36.3 Å². The van der Waals surface area contributed by atoms with Gasteiger partial charge >= 0.3 is 0 Å². The second-order valence-corrected chi connectivity index (χ2v) is 4.40. The first-order chi connectivity index (χ1) is 8.88. The van der Waals surface area contributed by atoms with Crippen LogP contribution >= 0.6 is 0 Å². The van der Waals surface area contributed by atoms with E-state index in [4.69, 9.17) is 14.6 Å². The zero-order valence-electron chi connectivity index (χ0n) is 10.3. The summed E-state index contributed by atoms with van der Waals surface area (Å²) in [5.41, 5.74) is 1.12. The predicted octanol–water partition coefficient (Wildman–Crippen LogP) is 2.09. The molecule has 18 heavy (non-hydrogen) atoms. The number of hydrogen-bond acceptors (Lipinski definition) is 3. The molecule has 0 spiro atoms. The molecule has 2 rings (SSSR count). The minimum absolute atomic E-state index is 0.00189. The normalized spacial score (nSPS) is 22.3. The van der Waals surface area contributed by atoms with Crippen LogP contribution in [0.25, 0.3) is 0 Å². The quantitative estimate of drug-likeness (QED) is 0.827. The molecule has 0 saturated carbocycles.